The second-order valence-electron chi connectivity index (χ2n) is 4.34. The molecule has 0 unspecified atom stereocenters. The number of hydrogen-bond acceptors (Lipinski definition) is 4. The first-order valence-electron chi connectivity index (χ1n) is 6.26. The van der Waals surface area contributed by atoms with Crippen LogP contribution in [0.3, 0.4) is 0 Å². The number of pyridine rings is 1. The lowest BCUT2D eigenvalue weighted by Crippen LogP contribution is -2.06. The van der Waals surface area contributed by atoms with Crippen LogP contribution in [0, 0.1) is 13.8 Å². The Morgan fingerprint density at radius 2 is 2.11 bits per heavy atom. The summed E-state index contributed by atoms with van der Waals surface area (Å²) in [6.45, 7) is 7.67. The summed E-state index contributed by atoms with van der Waals surface area (Å²) in [5, 5.41) is 7.59. The molecule has 0 saturated carbocycles. The molecule has 0 aromatic carbocycles. The Hall–Kier alpha value is -1.91. The second kappa shape index (κ2) is 5.62. The summed E-state index contributed by atoms with van der Waals surface area (Å²) in [6.07, 6.45) is 2.98. The molecule has 2 aromatic rings. The average Bonchev–Trinajstić information content (AvgIpc) is 2.67. The third-order valence-electron chi connectivity index (χ3n) is 2.68. The van der Waals surface area contributed by atoms with E-state index in [9.17, 15) is 0 Å². The van der Waals surface area contributed by atoms with Crippen LogP contribution >= 0.6 is 0 Å². The van der Waals surface area contributed by atoms with Crippen LogP contribution in [-0.2, 0) is 6.54 Å². The van der Waals surface area contributed by atoms with Crippen molar-refractivity contribution < 1.29 is 0 Å². The van der Waals surface area contributed by atoms with Crippen LogP contribution < -0.4 is 5.32 Å². The van der Waals surface area contributed by atoms with E-state index in [1.807, 2.05) is 30.8 Å². The van der Waals surface area contributed by atoms with Crippen molar-refractivity contribution in [1.29, 1.82) is 0 Å². The second-order valence-corrected chi connectivity index (χ2v) is 4.34. The number of aryl methyl sites for hydroxylation is 2. The number of nitrogens with one attached hydrogen (secondary N) is 1. The molecule has 5 nitrogen and oxygen atoms in total. The fourth-order valence-corrected chi connectivity index (χ4v) is 1.76. The van der Waals surface area contributed by atoms with Crippen LogP contribution in [0.1, 0.15) is 30.6 Å². The monoisotopic (exact) mass is 245 g/mol. The van der Waals surface area contributed by atoms with Gasteiger partial charge in [-0.25, -0.2) is 14.6 Å². The van der Waals surface area contributed by atoms with Crippen molar-refractivity contribution >= 4 is 5.82 Å². The maximum atomic E-state index is 4.38. The first kappa shape index (κ1) is 12.5. The lowest BCUT2D eigenvalue weighted by atomic mass is 10.3. The standard InChI is InChI=1S/C13H19N5/c1-4-7-14-13-6-5-12(8-15-13)9-18-11(3)16-10(2)17-18/h5-6,8H,4,7,9H2,1-3H3,(H,14,15). The van der Waals surface area contributed by atoms with Crippen molar-refractivity contribution in [3.8, 4) is 0 Å². The third kappa shape index (κ3) is 3.06. The van der Waals surface area contributed by atoms with Crippen LogP contribution in [0.5, 0.6) is 0 Å². The molecule has 2 aromatic heterocycles. The summed E-state index contributed by atoms with van der Waals surface area (Å²) in [6, 6.07) is 4.07. The zero-order valence-corrected chi connectivity index (χ0v) is 11.1. The van der Waals surface area contributed by atoms with Crippen LogP contribution in [0.15, 0.2) is 18.3 Å². The van der Waals surface area contributed by atoms with E-state index >= 15 is 0 Å². The van der Waals surface area contributed by atoms with Gasteiger partial charge in [0.2, 0.25) is 0 Å². The minimum atomic E-state index is 0.716. The highest BCUT2D eigenvalue weighted by atomic mass is 15.3. The van der Waals surface area contributed by atoms with Gasteiger partial charge in [0.25, 0.3) is 0 Å². The van der Waals surface area contributed by atoms with E-state index in [1.165, 1.54) is 0 Å². The fourth-order valence-electron chi connectivity index (χ4n) is 1.76. The van der Waals surface area contributed by atoms with Gasteiger partial charge in [-0.2, -0.15) is 5.10 Å². The predicted molar refractivity (Wildman–Crippen MR) is 71.6 cm³/mol. The molecule has 1 N–H and O–H groups in total. The Morgan fingerprint density at radius 1 is 1.28 bits per heavy atom. The Balaban J connectivity index is 2.04. The molecule has 0 bridgehead atoms. The zero-order chi connectivity index (χ0) is 13.0. The zero-order valence-electron chi connectivity index (χ0n) is 11.1. The Labute approximate surface area is 107 Å². The Morgan fingerprint density at radius 3 is 2.67 bits per heavy atom. The van der Waals surface area contributed by atoms with Crippen molar-refractivity contribution in [2.24, 2.45) is 0 Å². The first-order chi connectivity index (χ1) is 8.69. The molecule has 0 aliphatic rings. The van der Waals surface area contributed by atoms with Gasteiger partial charge in [0.05, 0.1) is 6.54 Å². The molecule has 18 heavy (non-hydrogen) atoms. The molecular weight excluding hydrogens is 226 g/mol. The number of aromatic nitrogens is 4. The van der Waals surface area contributed by atoms with Gasteiger partial charge in [-0.3, -0.25) is 0 Å². The van der Waals surface area contributed by atoms with Crippen LogP contribution in [-0.4, -0.2) is 26.3 Å². The molecule has 5 heteroatoms. The lowest BCUT2D eigenvalue weighted by Gasteiger charge is -2.06. The molecule has 0 amide bonds. The number of nitrogens with zero attached hydrogens (tertiary/aromatic N) is 4. The van der Waals surface area contributed by atoms with Crippen LogP contribution in [0.4, 0.5) is 5.82 Å². The summed E-state index contributed by atoms with van der Waals surface area (Å²) in [5.74, 6) is 2.66. The number of rotatable bonds is 5. The lowest BCUT2D eigenvalue weighted by molar-refractivity contribution is 0.654. The van der Waals surface area contributed by atoms with Crippen molar-refractivity contribution in [1.82, 2.24) is 19.7 Å². The van der Waals surface area contributed by atoms with Gasteiger partial charge in [0.1, 0.15) is 17.5 Å². The number of anilines is 1. The van der Waals surface area contributed by atoms with Crippen molar-refractivity contribution in [3.05, 3.63) is 35.5 Å². The van der Waals surface area contributed by atoms with E-state index in [-0.39, 0.29) is 0 Å². The number of hydrogen-bond donors (Lipinski definition) is 1. The predicted octanol–water partition coefficient (Wildman–Crippen LogP) is 2.16. The molecule has 96 valence electrons. The largest absolute Gasteiger partial charge is 0.370 e. The highest BCUT2D eigenvalue weighted by Crippen LogP contribution is 2.07. The van der Waals surface area contributed by atoms with E-state index in [0.29, 0.717) is 6.54 Å². The maximum Gasteiger partial charge on any atom is 0.147 e. The summed E-state index contributed by atoms with van der Waals surface area (Å²) in [5.41, 5.74) is 1.13. The smallest absolute Gasteiger partial charge is 0.147 e. The van der Waals surface area contributed by atoms with Gasteiger partial charge in [-0.1, -0.05) is 13.0 Å². The van der Waals surface area contributed by atoms with Gasteiger partial charge < -0.3 is 5.32 Å². The summed E-state index contributed by atoms with van der Waals surface area (Å²) in [4.78, 5) is 8.66. The molecule has 2 heterocycles. The van der Waals surface area contributed by atoms with Gasteiger partial charge in [0, 0.05) is 12.7 Å². The van der Waals surface area contributed by atoms with E-state index < -0.39 is 0 Å². The van der Waals surface area contributed by atoms with E-state index in [2.05, 4.69) is 33.4 Å². The van der Waals surface area contributed by atoms with Gasteiger partial charge in [-0.05, 0) is 31.9 Å². The SMILES string of the molecule is CCCNc1ccc(Cn2nc(C)nc2C)cn1. The molecule has 0 saturated heterocycles. The summed E-state index contributed by atoms with van der Waals surface area (Å²) >= 11 is 0. The first-order valence-corrected chi connectivity index (χ1v) is 6.26. The molecule has 0 radical (unpaired) electrons. The Bertz CT molecular complexity index is 501. The highest BCUT2D eigenvalue weighted by Gasteiger charge is 2.03. The Kier molecular flexibility index (Phi) is 3.92. The minimum absolute atomic E-state index is 0.716. The molecular formula is C13H19N5. The van der Waals surface area contributed by atoms with E-state index in [4.69, 9.17) is 0 Å². The summed E-state index contributed by atoms with van der Waals surface area (Å²) < 4.78 is 1.89. The maximum absolute atomic E-state index is 4.38. The average molecular weight is 245 g/mol. The van der Waals surface area contributed by atoms with E-state index in [1.54, 1.807) is 0 Å². The minimum Gasteiger partial charge on any atom is -0.370 e. The quantitative estimate of drug-likeness (QED) is 0.877. The van der Waals surface area contributed by atoms with E-state index in [0.717, 1.165) is 36.0 Å². The molecule has 2 rings (SSSR count). The van der Waals surface area contributed by atoms with Crippen LogP contribution in [0.25, 0.3) is 0 Å². The molecule has 0 fully saturated rings. The molecule has 0 spiro atoms. The third-order valence-corrected chi connectivity index (χ3v) is 2.68. The summed E-state index contributed by atoms with van der Waals surface area (Å²) in [7, 11) is 0. The van der Waals surface area contributed by atoms with Gasteiger partial charge in [0.15, 0.2) is 0 Å². The molecule has 0 aliphatic carbocycles. The normalized spacial score (nSPS) is 10.6. The van der Waals surface area contributed by atoms with Crippen molar-refractivity contribution in [2.45, 2.75) is 33.7 Å². The van der Waals surface area contributed by atoms with Gasteiger partial charge in [-0.15, -0.1) is 0 Å². The fraction of sp³-hybridized carbons (Fsp3) is 0.462. The van der Waals surface area contributed by atoms with Crippen molar-refractivity contribution in [3.63, 3.8) is 0 Å². The van der Waals surface area contributed by atoms with Crippen LogP contribution in [0.2, 0.25) is 0 Å². The molecule has 0 aliphatic heterocycles. The van der Waals surface area contributed by atoms with Gasteiger partial charge >= 0.3 is 0 Å². The van der Waals surface area contributed by atoms with Crippen molar-refractivity contribution in [2.75, 3.05) is 11.9 Å². The highest BCUT2D eigenvalue weighted by molar-refractivity contribution is 5.35. The molecule has 0 atom stereocenters. The topological polar surface area (TPSA) is 55.6 Å².